The quantitative estimate of drug-likeness (QED) is 0.762. The Morgan fingerprint density at radius 3 is 2.69 bits per heavy atom. The van der Waals surface area contributed by atoms with Crippen molar-refractivity contribution in [2.45, 2.75) is 64.1 Å². The molecule has 0 aromatic heterocycles. The van der Waals surface area contributed by atoms with Gasteiger partial charge in [0.05, 0.1) is 12.1 Å². The van der Waals surface area contributed by atoms with E-state index in [1.54, 1.807) is 20.8 Å². The van der Waals surface area contributed by atoms with Crippen molar-refractivity contribution in [1.82, 2.24) is 9.80 Å². The van der Waals surface area contributed by atoms with Gasteiger partial charge in [-0.3, -0.25) is 0 Å². The molecular formula is C20H25N3O3. The highest BCUT2D eigenvalue weighted by molar-refractivity contribution is 5.92. The van der Waals surface area contributed by atoms with E-state index < -0.39 is 23.8 Å². The van der Waals surface area contributed by atoms with Crippen molar-refractivity contribution in [3.05, 3.63) is 35.4 Å². The summed E-state index contributed by atoms with van der Waals surface area (Å²) < 4.78 is 5.53. The number of urea groups is 1. The van der Waals surface area contributed by atoms with Gasteiger partial charge in [-0.1, -0.05) is 24.3 Å². The Kier molecular flexibility index (Phi) is 4.90. The number of amides is 3. The van der Waals surface area contributed by atoms with Gasteiger partial charge < -0.3 is 9.64 Å². The van der Waals surface area contributed by atoms with Crippen LogP contribution in [0.15, 0.2) is 24.3 Å². The van der Waals surface area contributed by atoms with Crippen LogP contribution in [0, 0.1) is 11.3 Å². The molecule has 0 radical (unpaired) electrons. The van der Waals surface area contributed by atoms with Crippen LogP contribution in [0.5, 0.6) is 0 Å². The van der Waals surface area contributed by atoms with Gasteiger partial charge in [-0.2, -0.15) is 5.26 Å². The molecule has 26 heavy (non-hydrogen) atoms. The monoisotopic (exact) mass is 355 g/mol. The van der Waals surface area contributed by atoms with Gasteiger partial charge in [-0.25, -0.2) is 14.5 Å². The van der Waals surface area contributed by atoms with Gasteiger partial charge in [0.25, 0.3) is 0 Å². The first-order valence-corrected chi connectivity index (χ1v) is 9.12. The summed E-state index contributed by atoms with van der Waals surface area (Å²) >= 11 is 0. The van der Waals surface area contributed by atoms with Crippen LogP contribution < -0.4 is 0 Å². The number of imide groups is 1. The maximum Gasteiger partial charge on any atom is 0.419 e. The Labute approximate surface area is 154 Å². The van der Waals surface area contributed by atoms with Crippen LogP contribution in [-0.4, -0.2) is 40.1 Å². The number of ether oxygens (including phenoxy) is 1. The van der Waals surface area contributed by atoms with Crippen LogP contribution in [0.25, 0.3) is 0 Å². The zero-order chi connectivity index (χ0) is 18.9. The number of carbonyl (C=O) groups is 2. The van der Waals surface area contributed by atoms with Crippen LogP contribution in [0.3, 0.4) is 0 Å². The average Bonchev–Trinajstić information content (AvgIpc) is 3.20. The molecule has 3 amide bonds. The average molecular weight is 355 g/mol. The number of rotatable bonds is 1. The molecule has 1 aromatic carbocycles. The standard InChI is InChI=1S/C20H25N3O3/c1-20(2,3)26-19(25)23(18(24)22-12-6-8-15(22)13-21)17-11-10-14-7-4-5-9-16(14)17/h4-5,7,9,15,17H,6,8,10-12H2,1-3H3/t15-,17?/m0/s1. The molecule has 2 aliphatic rings. The van der Waals surface area contributed by atoms with Gasteiger partial charge in [0.2, 0.25) is 0 Å². The van der Waals surface area contributed by atoms with E-state index in [0.717, 1.165) is 24.0 Å². The number of fused-ring (bicyclic) bond motifs is 1. The maximum atomic E-state index is 13.2. The molecule has 3 rings (SSSR count). The lowest BCUT2D eigenvalue weighted by Gasteiger charge is -2.34. The molecule has 1 aromatic rings. The number of nitriles is 1. The number of likely N-dealkylation sites (tertiary alicyclic amines) is 1. The third-order valence-corrected chi connectivity index (χ3v) is 4.86. The molecule has 1 fully saturated rings. The third kappa shape index (κ3) is 3.52. The van der Waals surface area contributed by atoms with Gasteiger partial charge >= 0.3 is 12.1 Å². The summed E-state index contributed by atoms with van der Waals surface area (Å²) in [6.45, 7) is 5.84. The molecular weight excluding hydrogens is 330 g/mol. The highest BCUT2D eigenvalue weighted by atomic mass is 16.6. The number of hydrogen-bond donors (Lipinski definition) is 0. The van der Waals surface area contributed by atoms with Crippen LogP contribution in [-0.2, 0) is 11.2 Å². The molecule has 2 atom stereocenters. The van der Waals surface area contributed by atoms with Gasteiger partial charge in [0.15, 0.2) is 0 Å². The Balaban J connectivity index is 1.94. The van der Waals surface area contributed by atoms with Crippen molar-refractivity contribution in [1.29, 1.82) is 5.26 Å². The molecule has 0 N–H and O–H groups in total. The molecule has 1 aliphatic carbocycles. The lowest BCUT2D eigenvalue weighted by Crippen LogP contribution is -2.50. The number of nitrogens with zero attached hydrogens (tertiary/aromatic N) is 3. The van der Waals surface area contributed by atoms with Gasteiger partial charge in [0.1, 0.15) is 11.6 Å². The second-order valence-corrected chi connectivity index (χ2v) is 7.87. The first kappa shape index (κ1) is 18.2. The van der Waals surface area contributed by atoms with E-state index >= 15 is 0 Å². The minimum Gasteiger partial charge on any atom is -0.443 e. The fourth-order valence-electron chi connectivity index (χ4n) is 3.72. The minimum atomic E-state index is -0.701. The Morgan fingerprint density at radius 1 is 1.27 bits per heavy atom. The number of benzene rings is 1. The summed E-state index contributed by atoms with van der Waals surface area (Å²) in [5.74, 6) is 0. The molecule has 1 unspecified atom stereocenters. The summed E-state index contributed by atoms with van der Waals surface area (Å²) in [6, 6.07) is 8.79. The zero-order valence-electron chi connectivity index (χ0n) is 15.6. The van der Waals surface area contributed by atoms with E-state index in [-0.39, 0.29) is 6.04 Å². The molecule has 1 aliphatic heterocycles. The van der Waals surface area contributed by atoms with E-state index in [4.69, 9.17) is 4.74 Å². The lowest BCUT2D eigenvalue weighted by atomic mass is 10.1. The highest BCUT2D eigenvalue weighted by Crippen LogP contribution is 2.37. The summed E-state index contributed by atoms with van der Waals surface area (Å²) in [6.07, 6.45) is 2.26. The Hall–Kier alpha value is -2.55. The summed E-state index contributed by atoms with van der Waals surface area (Å²) in [7, 11) is 0. The van der Waals surface area contributed by atoms with Crippen molar-refractivity contribution in [3.8, 4) is 6.07 Å². The SMILES string of the molecule is CC(C)(C)OC(=O)N(C(=O)N1CCC[C@H]1C#N)C1CCc2ccccc21. The summed E-state index contributed by atoms with van der Waals surface area (Å²) in [4.78, 5) is 28.9. The fourth-order valence-corrected chi connectivity index (χ4v) is 3.72. The molecule has 1 heterocycles. The van der Waals surface area contributed by atoms with E-state index in [0.29, 0.717) is 19.4 Å². The van der Waals surface area contributed by atoms with Crippen LogP contribution in [0.2, 0.25) is 0 Å². The van der Waals surface area contributed by atoms with Gasteiger partial charge in [-0.15, -0.1) is 0 Å². The molecule has 138 valence electrons. The maximum absolute atomic E-state index is 13.2. The van der Waals surface area contributed by atoms with Crippen molar-refractivity contribution in [2.75, 3.05) is 6.54 Å². The van der Waals surface area contributed by atoms with Crippen LogP contribution in [0.4, 0.5) is 9.59 Å². The van der Waals surface area contributed by atoms with Crippen LogP contribution in [0.1, 0.15) is 57.2 Å². The van der Waals surface area contributed by atoms with Crippen molar-refractivity contribution >= 4 is 12.1 Å². The Bertz CT molecular complexity index is 747. The van der Waals surface area contributed by atoms with E-state index in [2.05, 4.69) is 6.07 Å². The minimum absolute atomic E-state index is 0.353. The number of hydrogen-bond acceptors (Lipinski definition) is 4. The topological polar surface area (TPSA) is 73.6 Å². The van der Waals surface area contributed by atoms with Gasteiger partial charge in [0, 0.05) is 6.54 Å². The molecule has 6 nitrogen and oxygen atoms in total. The Morgan fingerprint density at radius 2 is 2.00 bits per heavy atom. The molecule has 0 saturated carbocycles. The fraction of sp³-hybridized carbons (Fsp3) is 0.550. The molecule has 1 saturated heterocycles. The predicted octanol–water partition coefficient (Wildman–Crippen LogP) is 4.02. The predicted molar refractivity (Wildman–Crippen MR) is 96.3 cm³/mol. The number of aryl methyl sites for hydroxylation is 1. The first-order chi connectivity index (χ1) is 12.3. The molecule has 0 spiro atoms. The van der Waals surface area contributed by atoms with E-state index in [1.165, 1.54) is 9.80 Å². The first-order valence-electron chi connectivity index (χ1n) is 9.12. The van der Waals surface area contributed by atoms with Crippen molar-refractivity contribution in [3.63, 3.8) is 0 Å². The summed E-state index contributed by atoms with van der Waals surface area (Å²) in [5, 5.41) is 9.34. The molecule has 0 bridgehead atoms. The zero-order valence-corrected chi connectivity index (χ0v) is 15.6. The highest BCUT2D eigenvalue weighted by Gasteiger charge is 2.42. The lowest BCUT2D eigenvalue weighted by molar-refractivity contribution is 0.0209. The largest absolute Gasteiger partial charge is 0.443 e. The van der Waals surface area contributed by atoms with E-state index in [9.17, 15) is 14.9 Å². The smallest absolute Gasteiger partial charge is 0.419 e. The van der Waals surface area contributed by atoms with Crippen molar-refractivity contribution in [2.24, 2.45) is 0 Å². The third-order valence-electron chi connectivity index (χ3n) is 4.86. The second kappa shape index (κ2) is 6.99. The van der Waals surface area contributed by atoms with Gasteiger partial charge in [-0.05, 0) is 57.6 Å². The van der Waals surface area contributed by atoms with E-state index in [1.807, 2.05) is 24.3 Å². The normalized spacial score (nSPS) is 21.8. The van der Waals surface area contributed by atoms with Crippen LogP contribution >= 0.6 is 0 Å². The second-order valence-electron chi connectivity index (χ2n) is 7.87. The number of carbonyl (C=O) groups excluding carboxylic acids is 2. The molecule has 6 heteroatoms. The van der Waals surface area contributed by atoms with Crippen molar-refractivity contribution < 1.29 is 14.3 Å². The summed E-state index contributed by atoms with van der Waals surface area (Å²) in [5.41, 5.74) is 1.43.